The smallest absolute Gasteiger partial charge is 0.336 e. The molecule has 2 heterocycles. The average Bonchev–Trinajstić information content (AvgIpc) is 3.21. The Labute approximate surface area is 249 Å². The molecule has 4 aromatic rings. The highest BCUT2D eigenvalue weighted by Gasteiger charge is 2.25. The molecule has 3 N–H and O–H groups in total. The highest BCUT2D eigenvalue weighted by atomic mass is 16.4. The minimum absolute atomic E-state index is 0.0143. The van der Waals surface area contributed by atoms with Crippen LogP contribution in [0.15, 0.2) is 60.7 Å². The Hall–Kier alpha value is -3.90. The van der Waals surface area contributed by atoms with E-state index < -0.39 is 5.97 Å². The van der Waals surface area contributed by atoms with Gasteiger partial charge in [-0.25, -0.2) is 4.79 Å². The Morgan fingerprint density at radius 2 is 1.71 bits per heavy atom. The molecule has 1 aliphatic heterocycles. The molecule has 1 saturated heterocycles. The summed E-state index contributed by atoms with van der Waals surface area (Å²) in [5.41, 5.74) is 7.81. The Balaban J connectivity index is 1.39. The van der Waals surface area contributed by atoms with Crippen LogP contribution in [0, 0.1) is 19.8 Å². The number of aromatic nitrogens is 1. The summed E-state index contributed by atoms with van der Waals surface area (Å²) >= 11 is 0. The van der Waals surface area contributed by atoms with E-state index in [2.05, 4.69) is 54.2 Å². The lowest BCUT2D eigenvalue weighted by molar-refractivity contribution is 0.0694. The van der Waals surface area contributed by atoms with Crippen molar-refractivity contribution in [1.82, 2.24) is 15.2 Å². The van der Waals surface area contributed by atoms with Crippen molar-refractivity contribution in [2.75, 3.05) is 13.1 Å². The average molecular weight is 566 g/mol. The summed E-state index contributed by atoms with van der Waals surface area (Å²) in [6.07, 6.45) is 2.18. The van der Waals surface area contributed by atoms with Crippen LogP contribution in [-0.4, -0.2) is 40.7 Å². The third kappa shape index (κ3) is 5.86. The standard InChI is InChI=1S/C36H43N3O3/c1-22-24(3)39(32-15-14-28(20-30(22)32)34(40)38-23(2)26-16-18-37-19-17-26)21-25-10-12-27(13-11-25)29-8-7-9-31(36(4,5)6)33(29)35(41)42/h7-15,20,23,26,37H,16-19,21H2,1-6H3,(H,38,40)(H,41,42). The van der Waals surface area contributed by atoms with Gasteiger partial charge in [-0.05, 0) is 104 Å². The van der Waals surface area contributed by atoms with Crippen LogP contribution in [0.5, 0.6) is 0 Å². The summed E-state index contributed by atoms with van der Waals surface area (Å²) < 4.78 is 2.29. The Kier molecular flexibility index (Phi) is 8.29. The first-order chi connectivity index (χ1) is 20.0. The third-order valence-corrected chi connectivity index (χ3v) is 9.04. The van der Waals surface area contributed by atoms with Crippen LogP contribution in [0.3, 0.4) is 0 Å². The van der Waals surface area contributed by atoms with Gasteiger partial charge in [0.25, 0.3) is 5.91 Å². The Bertz CT molecular complexity index is 1620. The first-order valence-corrected chi connectivity index (χ1v) is 15.0. The molecule has 0 saturated carbocycles. The molecule has 1 unspecified atom stereocenters. The van der Waals surface area contributed by atoms with E-state index in [0.717, 1.165) is 59.1 Å². The topological polar surface area (TPSA) is 83.4 Å². The minimum atomic E-state index is -0.904. The molecule has 3 aromatic carbocycles. The summed E-state index contributed by atoms with van der Waals surface area (Å²) in [5, 5.41) is 17.8. The van der Waals surface area contributed by atoms with Crippen LogP contribution in [0.2, 0.25) is 0 Å². The van der Waals surface area contributed by atoms with E-state index >= 15 is 0 Å². The molecule has 0 spiro atoms. The number of fused-ring (bicyclic) bond motifs is 1. The lowest BCUT2D eigenvalue weighted by Gasteiger charge is -2.28. The van der Waals surface area contributed by atoms with Gasteiger partial charge in [-0.1, -0.05) is 63.2 Å². The van der Waals surface area contributed by atoms with E-state index in [-0.39, 0.29) is 17.4 Å². The van der Waals surface area contributed by atoms with Gasteiger partial charge < -0.3 is 20.3 Å². The molecular weight excluding hydrogens is 522 g/mol. The molecule has 42 heavy (non-hydrogen) atoms. The number of nitrogens with one attached hydrogen (secondary N) is 2. The quantitative estimate of drug-likeness (QED) is 0.223. The summed E-state index contributed by atoms with van der Waals surface area (Å²) in [5.74, 6) is -0.411. The van der Waals surface area contributed by atoms with Crippen molar-refractivity contribution in [3.8, 4) is 11.1 Å². The number of amides is 1. The van der Waals surface area contributed by atoms with Gasteiger partial charge in [0.2, 0.25) is 0 Å². The van der Waals surface area contributed by atoms with Crippen LogP contribution >= 0.6 is 0 Å². The minimum Gasteiger partial charge on any atom is -0.478 e. The normalized spacial score (nSPS) is 15.1. The van der Waals surface area contributed by atoms with Gasteiger partial charge in [-0.3, -0.25) is 4.79 Å². The van der Waals surface area contributed by atoms with Crippen LogP contribution in [0.25, 0.3) is 22.0 Å². The largest absolute Gasteiger partial charge is 0.478 e. The van der Waals surface area contributed by atoms with Crippen molar-refractivity contribution in [3.63, 3.8) is 0 Å². The maximum Gasteiger partial charge on any atom is 0.336 e. The number of rotatable bonds is 7. The molecule has 0 radical (unpaired) electrons. The number of carboxylic acids is 1. The highest BCUT2D eigenvalue weighted by Crippen LogP contribution is 2.34. The SMILES string of the molecule is Cc1c(C)n(Cc2ccc(-c3cccc(C(C)(C)C)c3C(=O)O)cc2)c2ccc(C(=O)NC(C)C3CCNCC3)cc12. The molecule has 1 aliphatic rings. The van der Waals surface area contributed by atoms with E-state index in [9.17, 15) is 14.7 Å². The molecule has 1 fully saturated rings. The number of carboxylic acid groups (broad SMARTS) is 1. The van der Waals surface area contributed by atoms with Crippen molar-refractivity contribution in [1.29, 1.82) is 0 Å². The number of piperidine rings is 1. The number of hydrogen-bond acceptors (Lipinski definition) is 3. The number of hydrogen-bond donors (Lipinski definition) is 3. The number of carbonyl (C=O) groups is 2. The number of aryl methyl sites for hydroxylation is 1. The zero-order chi connectivity index (χ0) is 30.2. The third-order valence-electron chi connectivity index (χ3n) is 9.04. The maximum absolute atomic E-state index is 13.2. The van der Waals surface area contributed by atoms with Gasteiger partial charge in [-0.15, -0.1) is 0 Å². The lowest BCUT2D eigenvalue weighted by atomic mass is 9.81. The van der Waals surface area contributed by atoms with Gasteiger partial charge in [-0.2, -0.15) is 0 Å². The van der Waals surface area contributed by atoms with Crippen LogP contribution in [-0.2, 0) is 12.0 Å². The first kappa shape index (κ1) is 29.6. The fraction of sp³-hybridized carbons (Fsp3) is 0.389. The van der Waals surface area contributed by atoms with E-state index in [4.69, 9.17) is 0 Å². The zero-order valence-electron chi connectivity index (χ0n) is 25.7. The molecule has 1 amide bonds. The second-order valence-electron chi connectivity index (χ2n) is 12.9. The van der Waals surface area contributed by atoms with Gasteiger partial charge in [0.15, 0.2) is 0 Å². The van der Waals surface area contributed by atoms with Gasteiger partial charge >= 0.3 is 5.97 Å². The lowest BCUT2D eigenvalue weighted by Crippen LogP contribution is -2.42. The maximum atomic E-state index is 13.2. The number of benzene rings is 3. The summed E-state index contributed by atoms with van der Waals surface area (Å²) in [7, 11) is 0. The fourth-order valence-corrected chi connectivity index (χ4v) is 6.37. The van der Waals surface area contributed by atoms with E-state index in [0.29, 0.717) is 23.6 Å². The van der Waals surface area contributed by atoms with E-state index in [1.54, 1.807) is 0 Å². The van der Waals surface area contributed by atoms with Crippen LogP contribution in [0.4, 0.5) is 0 Å². The van der Waals surface area contributed by atoms with Crippen molar-refractivity contribution in [2.24, 2.45) is 5.92 Å². The van der Waals surface area contributed by atoms with Crippen LogP contribution in [0.1, 0.15) is 83.6 Å². The van der Waals surface area contributed by atoms with E-state index in [1.165, 1.54) is 11.3 Å². The molecule has 6 nitrogen and oxygen atoms in total. The molecule has 1 aromatic heterocycles. The summed E-state index contributed by atoms with van der Waals surface area (Å²) in [6, 6.07) is 20.1. The van der Waals surface area contributed by atoms with Gasteiger partial charge in [0, 0.05) is 34.7 Å². The molecule has 220 valence electrons. The number of aromatic carboxylic acids is 1. The molecule has 5 rings (SSSR count). The van der Waals surface area contributed by atoms with Gasteiger partial charge in [0.1, 0.15) is 0 Å². The molecular formula is C36H43N3O3. The van der Waals surface area contributed by atoms with Crippen molar-refractivity contribution in [3.05, 3.63) is 94.2 Å². The first-order valence-electron chi connectivity index (χ1n) is 15.0. The van der Waals surface area contributed by atoms with Crippen molar-refractivity contribution >= 4 is 22.8 Å². The Morgan fingerprint density at radius 3 is 2.36 bits per heavy atom. The predicted octanol–water partition coefficient (Wildman–Crippen LogP) is 7.09. The monoisotopic (exact) mass is 565 g/mol. The van der Waals surface area contributed by atoms with Gasteiger partial charge in [0.05, 0.1) is 5.56 Å². The summed E-state index contributed by atoms with van der Waals surface area (Å²) in [4.78, 5) is 25.5. The Morgan fingerprint density at radius 1 is 1.02 bits per heavy atom. The zero-order valence-corrected chi connectivity index (χ0v) is 25.7. The predicted molar refractivity (Wildman–Crippen MR) is 171 cm³/mol. The fourth-order valence-electron chi connectivity index (χ4n) is 6.37. The molecule has 1 atom stereocenters. The second kappa shape index (κ2) is 11.8. The number of nitrogens with zero attached hydrogens (tertiary/aromatic N) is 1. The molecule has 6 heteroatoms. The van der Waals surface area contributed by atoms with E-state index in [1.807, 2.05) is 63.2 Å². The second-order valence-corrected chi connectivity index (χ2v) is 12.9. The number of carbonyl (C=O) groups excluding carboxylic acids is 1. The highest BCUT2D eigenvalue weighted by molar-refractivity contribution is 6.00. The van der Waals surface area contributed by atoms with Crippen molar-refractivity contribution < 1.29 is 14.7 Å². The molecule has 0 aliphatic carbocycles. The van der Waals surface area contributed by atoms with Crippen molar-refractivity contribution in [2.45, 2.75) is 72.4 Å². The molecule has 0 bridgehead atoms. The summed E-state index contributed by atoms with van der Waals surface area (Å²) in [6.45, 7) is 15.2. The van der Waals surface area contributed by atoms with Crippen LogP contribution < -0.4 is 10.6 Å².